The second kappa shape index (κ2) is 4.45. The van der Waals surface area contributed by atoms with Crippen molar-refractivity contribution >= 4 is 12.3 Å². The summed E-state index contributed by atoms with van der Waals surface area (Å²) in [5.41, 5.74) is 1.11. The van der Waals surface area contributed by atoms with E-state index in [1.807, 2.05) is 0 Å². The number of aromatic nitrogens is 1. The van der Waals surface area contributed by atoms with Gasteiger partial charge in [-0.05, 0) is 18.6 Å². The Morgan fingerprint density at radius 2 is 2.46 bits per heavy atom. The van der Waals surface area contributed by atoms with Crippen molar-refractivity contribution in [2.24, 2.45) is 0 Å². The molecule has 0 saturated carbocycles. The molecule has 1 N–H and O–H groups in total. The highest BCUT2D eigenvalue weighted by Crippen LogP contribution is 2.05. The number of carbonyl (C=O) groups excluding carboxylic acids is 2. The van der Waals surface area contributed by atoms with Crippen LogP contribution in [0.1, 0.15) is 23.0 Å². The van der Waals surface area contributed by atoms with Crippen LogP contribution in [0.3, 0.4) is 0 Å². The van der Waals surface area contributed by atoms with Gasteiger partial charge < -0.3 is 9.72 Å². The number of aldehydes is 1. The van der Waals surface area contributed by atoms with Gasteiger partial charge in [-0.1, -0.05) is 0 Å². The lowest BCUT2D eigenvalue weighted by Gasteiger charge is -1.99. The van der Waals surface area contributed by atoms with Crippen LogP contribution in [0.4, 0.5) is 0 Å². The molecule has 1 rings (SSSR count). The lowest BCUT2D eigenvalue weighted by molar-refractivity contribution is -0.142. The van der Waals surface area contributed by atoms with Gasteiger partial charge in [-0.25, -0.2) is 0 Å². The summed E-state index contributed by atoms with van der Waals surface area (Å²) in [6, 6.07) is 1.70. The first kappa shape index (κ1) is 9.51. The number of esters is 1. The van der Waals surface area contributed by atoms with Gasteiger partial charge in [0.15, 0.2) is 6.29 Å². The Hall–Kier alpha value is -1.58. The maximum atomic E-state index is 11.0. The molecule has 0 aromatic carbocycles. The molecule has 0 saturated heterocycles. The molecular formula is C9H11NO3. The van der Waals surface area contributed by atoms with Crippen LogP contribution in [0.5, 0.6) is 0 Å². The Bertz CT molecular complexity index is 304. The van der Waals surface area contributed by atoms with E-state index in [9.17, 15) is 9.59 Å². The van der Waals surface area contributed by atoms with Gasteiger partial charge in [0.05, 0.1) is 18.7 Å². The van der Waals surface area contributed by atoms with Gasteiger partial charge in [-0.15, -0.1) is 0 Å². The summed E-state index contributed by atoms with van der Waals surface area (Å²) in [6.45, 7) is 2.11. The highest BCUT2D eigenvalue weighted by atomic mass is 16.5. The summed E-state index contributed by atoms with van der Waals surface area (Å²) in [6.07, 6.45) is 2.46. The molecule has 4 heteroatoms. The fraction of sp³-hybridized carbons (Fsp3) is 0.333. The average molecular weight is 181 g/mol. The van der Waals surface area contributed by atoms with Crippen LogP contribution in [0.25, 0.3) is 0 Å². The van der Waals surface area contributed by atoms with Crippen molar-refractivity contribution in [3.63, 3.8) is 0 Å². The fourth-order valence-corrected chi connectivity index (χ4v) is 1.05. The monoisotopic (exact) mass is 181 g/mol. The van der Waals surface area contributed by atoms with Crippen molar-refractivity contribution in [1.29, 1.82) is 0 Å². The molecule has 0 fully saturated rings. The molecule has 4 nitrogen and oxygen atoms in total. The molecule has 0 atom stereocenters. The Balaban J connectivity index is 2.62. The zero-order chi connectivity index (χ0) is 9.68. The highest BCUT2D eigenvalue weighted by Gasteiger charge is 2.08. The third-order valence-corrected chi connectivity index (χ3v) is 1.63. The van der Waals surface area contributed by atoms with Crippen LogP contribution in [-0.4, -0.2) is 23.8 Å². The molecule has 70 valence electrons. The Morgan fingerprint density at radius 1 is 1.69 bits per heavy atom. The van der Waals surface area contributed by atoms with E-state index < -0.39 is 0 Å². The smallest absolute Gasteiger partial charge is 0.310 e. The third-order valence-electron chi connectivity index (χ3n) is 1.63. The molecule has 0 unspecified atom stereocenters. The van der Waals surface area contributed by atoms with Crippen LogP contribution >= 0.6 is 0 Å². The van der Waals surface area contributed by atoms with Crippen molar-refractivity contribution < 1.29 is 14.3 Å². The average Bonchev–Trinajstić information content (AvgIpc) is 2.52. The van der Waals surface area contributed by atoms with Gasteiger partial charge in [0.1, 0.15) is 0 Å². The lowest BCUT2D eigenvalue weighted by Crippen LogP contribution is -2.08. The number of ether oxygens (including phenoxy) is 1. The molecule has 0 bridgehead atoms. The van der Waals surface area contributed by atoms with E-state index in [1.165, 1.54) is 0 Å². The predicted octanol–water partition coefficient (Wildman–Crippen LogP) is 0.933. The normalized spacial score (nSPS) is 9.62. The molecule has 0 aliphatic heterocycles. The summed E-state index contributed by atoms with van der Waals surface area (Å²) in [5.74, 6) is -0.315. The van der Waals surface area contributed by atoms with E-state index in [2.05, 4.69) is 4.98 Å². The molecule has 1 aromatic rings. The fourth-order valence-electron chi connectivity index (χ4n) is 1.05. The number of hydrogen-bond acceptors (Lipinski definition) is 3. The van der Waals surface area contributed by atoms with Crippen LogP contribution < -0.4 is 0 Å². The second-order valence-corrected chi connectivity index (χ2v) is 2.52. The number of aromatic amines is 1. The number of H-pyrrole nitrogens is 1. The molecule has 0 aliphatic rings. The quantitative estimate of drug-likeness (QED) is 0.555. The van der Waals surface area contributed by atoms with E-state index in [4.69, 9.17) is 4.74 Å². The minimum absolute atomic E-state index is 0.144. The van der Waals surface area contributed by atoms with Gasteiger partial charge in [0, 0.05) is 6.20 Å². The van der Waals surface area contributed by atoms with Crippen molar-refractivity contribution in [2.75, 3.05) is 6.61 Å². The van der Waals surface area contributed by atoms with Crippen molar-refractivity contribution in [3.8, 4) is 0 Å². The molecule has 13 heavy (non-hydrogen) atoms. The van der Waals surface area contributed by atoms with Crippen molar-refractivity contribution in [1.82, 2.24) is 4.98 Å². The molecule has 0 radical (unpaired) electrons. The van der Waals surface area contributed by atoms with Gasteiger partial charge in [0.25, 0.3) is 0 Å². The minimum atomic E-state index is -0.315. The molecule has 1 aromatic heterocycles. The van der Waals surface area contributed by atoms with Crippen molar-refractivity contribution in [2.45, 2.75) is 13.3 Å². The molecule has 0 spiro atoms. The van der Waals surface area contributed by atoms with Gasteiger partial charge in [0.2, 0.25) is 0 Å². The summed E-state index contributed by atoms with van der Waals surface area (Å²) in [5, 5.41) is 0. The standard InChI is InChI=1S/C9H11NO3/c1-2-13-9(12)5-7-3-4-10-8(7)6-11/h3-4,6,10H,2,5H2,1H3. The second-order valence-electron chi connectivity index (χ2n) is 2.52. The molecular weight excluding hydrogens is 170 g/mol. The SMILES string of the molecule is CCOC(=O)Cc1cc[nH]c1C=O. The van der Waals surface area contributed by atoms with E-state index in [0.29, 0.717) is 24.2 Å². The van der Waals surface area contributed by atoms with Crippen LogP contribution in [0.2, 0.25) is 0 Å². The third kappa shape index (κ3) is 2.43. The Kier molecular flexibility index (Phi) is 3.25. The van der Waals surface area contributed by atoms with Crippen LogP contribution in [0.15, 0.2) is 12.3 Å². The largest absolute Gasteiger partial charge is 0.466 e. The number of nitrogens with one attached hydrogen (secondary N) is 1. The number of rotatable bonds is 4. The van der Waals surface area contributed by atoms with Crippen LogP contribution in [-0.2, 0) is 16.0 Å². The van der Waals surface area contributed by atoms with Gasteiger partial charge >= 0.3 is 5.97 Å². The summed E-state index contributed by atoms with van der Waals surface area (Å²) >= 11 is 0. The zero-order valence-corrected chi connectivity index (χ0v) is 7.37. The first-order valence-corrected chi connectivity index (χ1v) is 4.05. The van der Waals surface area contributed by atoms with Gasteiger partial charge in [-0.2, -0.15) is 0 Å². The van der Waals surface area contributed by atoms with E-state index >= 15 is 0 Å². The van der Waals surface area contributed by atoms with E-state index in [-0.39, 0.29) is 12.4 Å². The van der Waals surface area contributed by atoms with E-state index in [1.54, 1.807) is 19.2 Å². The maximum absolute atomic E-state index is 11.0. The van der Waals surface area contributed by atoms with Gasteiger partial charge in [-0.3, -0.25) is 9.59 Å². The number of carbonyl (C=O) groups is 2. The van der Waals surface area contributed by atoms with Crippen molar-refractivity contribution in [3.05, 3.63) is 23.5 Å². The predicted molar refractivity (Wildman–Crippen MR) is 46.5 cm³/mol. The first-order chi connectivity index (χ1) is 6.27. The van der Waals surface area contributed by atoms with Crippen LogP contribution in [0, 0.1) is 0 Å². The maximum Gasteiger partial charge on any atom is 0.310 e. The Labute approximate surface area is 75.9 Å². The topological polar surface area (TPSA) is 59.2 Å². The Morgan fingerprint density at radius 3 is 3.08 bits per heavy atom. The number of hydrogen-bond donors (Lipinski definition) is 1. The zero-order valence-electron chi connectivity index (χ0n) is 7.37. The summed E-state index contributed by atoms with van der Waals surface area (Å²) < 4.78 is 4.75. The minimum Gasteiger partial charge on any atom is -0.466 e. The molecule has 0 amide bonds. The molecule has 0 aliphatic carbocycles. The summed E-state index contributed by atoms with van der Waals surface area (Å²) in [7, 11) is 0. The molecule has 1 heterocycles. The summed E-state index contributed by atoms with van der Waals surface area (Å²) in [4.78, 5) is 24.2. The van der Waals surface area contributed by atoms with E-state index in [0.717, 1.165) is 0 Å². The lowest BCUT2D eigenvalue weighted by atomic mass is 10.2. The first-order valence-electron chi connectivity index (χ1n) is 4.05. The highest BCUT2D eigenvalue weighted by molar-refractivity contribution is 5.80.